The minimum absolute atomic E-state index is 0.274. The minimum atomic E-state index is -1.12. The Kier molecular flexibility index (Phi) is 5.35. The van der Waals surface area contributed by atoms with E-state index in [9.17, 15) is 14.4 Å². The van der Waals surface area contributed by atoms with Crippen molar-refractivity contribution in [1.82, 2.24) is 9.80 Å². The molecule has 1 aliphatic rings. The van der Waals surface area contributed by atoms with Gasteiger partial charge in [-0.3, -0.25) is 9.59 Å². The maximum Gasteiger partial charge on any atom is 0.322 e. The number of piperazine rings is 1. The Morgan fingerprint density at radius 1 is 1.30 bits per heavy atom. The van der Waals surface area contributed by atoms with Crippen molar-refractivity contribution in [2.45, 2.75) is 12.5 Å². The SMILES string of the molecule is C=CCN1CCN(C(=O)Nc2ccccc2)C(CC(=O)O)C1=O. The Labute approximate surface area is 134 Å². The summed E-state index contributed by atoms with van der Waals surface area (Å²) in [6.07, 6.45) is 1.16. The molecule has 1 fully saturated rings. The van der Waals surface area contributed by atoms with E-state index in [1.54, 1.807) is 30.3 Å². The zero-order valence-corrected chi connectivity index (χ0v) is 12.6. The van der Waals surface area contributed by atoms with Crippen LogP contribution in [0.15, 0.2) is 43.0 Å². The highest BCUT2D eigenvalue weighted by atomic mass is 16.4. The Morgan fingerprint density at radius 2 is 2.00 bits per heavy atom. The van der Waals surface area contributed by atoms with Gasteiger partial charge >= 0.3 is 12.0 Å². The molecule has 2 rings (SSSR count). The molecular weight excluding hydrogens is 298 g/mol. The quantitative estimate of drug-likeness (QED) is 0.803. The van der Waals surface area contributed by atoms with Gasteiger partial charge in [0.25, 0.3) is 0 Å². The molecule has 0 spiro atoms. The summed E-state index contributed by atoms with van der Waals surface area (Å²) < 4.78 is 0. The highest BCUT2D eigenvalue weighted by Gasteiger charge is 2.38. The molecule has 0 saturated carbocycles. The molecular formula is C16H19N3O4. The Morgan fingerprint density at radius 3 is 2.61 bits per heavy atom. The van der Waals surface area contributed by atoms with Gasteiger partial charge in [0.1, 0.15) is 6.04 Å². The summed E-state index contributed by atoms with van der Waals surface area (Å²) in [5.74, 6) is -1.50. The number of urea groups is 1. The van der Waals surface area contributed by atoms with Gasteiger partial charge in [0.2, 0.25) is 5.91 Å². The van der Waals surface area contributed by atoms with Crippen LogP contribution in [-0.4, -0.2) is 58.5 Å². The molecule has 1 unspecified atom stereocenters. The Balaban J connectivity index is 2.14. The lowest BCUT2D eigenvalue weighted by Crippen LogP contribution is -2.60. The lowest BCUT2D eigenvalue weighted by molar-refractivity contribution is -0.147. The number of aliphatic carboxylic acids is 1. The molecule has 2 N–H and O–H groups in total. The van der Waals surface area contributed by atoms with E-state index in [1.165, 1.54) is 9.80 Å². The van der Waals surface area contributed by atoms with Crippen molar-refractivity contribution < 1.29 is 19.5 Å². The van der Waals surface area contributed by atoms with Gasteiger partial charge in [-0.15, -0.1) is 6.58 Å². The van der Waals surface area contributed by atoms with Crippen LogP contribution in [0.2, 0.25) is 0 Å². The number of anilines is 1. The van der Waals surface area contributed by atoms with Crippen molar-refractivity contribution in [3.8, 4) is 0 Å². The average molecular weight is 317 g/mol. The molecule has 3 amide bonds. The number of para-hydroxylation sites is 1. The zero-order chi connectivity index (χ0) is 16.8. The van der Waals surface area contributed by atoms with Crippen molar-refractivity contribution in [3.05, 3.63) is 43.0 Å². The average Bonchev–Trinajstić information content (AvgIpc) is 2.52. The molecule has 0 bridgehead atoms. The first-order valence-corrected chi connectivity index (χ1v) is 7.27. The second-order valence-electron chi connectivity index (χ2n) is 5.18. The number of amides is 3. The number of carbonyl (C=O) groups is 3. The summed E-state index contributed by atoms with van der Waals surface area (Å²) in [4.78, 5) is 38.7. The van der Waals surface area contributed by atoms with E-state index in [2.05, 4.69) is 11.9 Å². The third kappa shape index (κ3) is 4.09. The molecule has 23 heavy (non-hydrogen) atoms. The van der Waals surface area contributed by atoms with E-state index in [1.807, 2.05) is 6.07 Å². The lowest BCUT2D eigenvalue weighted by Gasteiger charge is -2.39. The minimum Gasteiger partial charge on any atom is -0.481 e. The van der Waals surface area contributed by atoms with Crippen molar-refractivity contribution in [3.63, 3.8) is 0 Å². The molecule has 122 valence electrons. The first kappa shape index (κ1) is 16.5. The van der Waals surface area contributed by atoms with Crippen molar-refractivity contribution in [2.24, 2.45) is 0 Å². The summed E-state index contributed by atoms with van der Waals surface area (Å²) in [7, 11) is 0. The number of carboxylic acids is 1. The molecule has 1 aromatic rings. The van der Waals surface area contributed by atoms with Crippen molar-refractivity contribution in [1.29, 1.82) is 0 Å². The van der Waals surface area contributed by atoms with E-state index in [0.717, 1.165) is 0 Å². The van der Waals surface area contributed by atoms with Crippen molar-refractivity contribution >= 4 is 23.6 Å². The summed E-state index contributed by atoms with van der Waals surface area (Å²) in [6, 6.07) is 7.33. The summed E-state index contributed by atoms with van der Waals surface area (Å²) in [5, 5.41) is 11.7. The van der Waals surface area contributed by atoms with E-state index >= 15 is 0 Å². The van der Waals surface area contributed by atoms with E-state index in [-0.39, 0.29) is 12.5 Å². The highest BCUT2D eigenvalue weighted by molar-refractivity contribution is 5.96. The number of benzene rings is 1. The van der Waals surface area contributed by atoms with Gasteiger partial charge in [-0.05, 0) is 12.1 Å². The summed E-state index contributed by atoms with van der Waals surface area (Å²) >= 11 is 0. The monoisotopic (exact) mass is 317 g/mol. The highest BCUT2D eigenvalue weighted by Crippen LogP contribution is 2.17. The fourth-order valence-corrected chi connectivity index (χ4v) is 2.50. The van der Waals surface area contributed by atoms with Crippen LogP contribution in [0.1, 0.15) is 6.42 Å². The Hall–Kier alpha value is -2.83. The first-order valence-electron chi connectivity index (χ1n) is 7.27. The number of carbonyl (C=O) groups excluding carboxylic acids is 2. The fraction of sp³-hybridized carbons (Fsp3) is 0.312. The molecule has 0 aliphatic carbocycles. The van der Waals surface area contributed by atoms with Gasteiger partial charge in [0.05, 0.1) is 6.42 Å². The first-order chi connectivity index (χ1) is 11.0. The van der Waals surface area contributed by atoms with Gasteiger partial charge in [0.15, 0.2) is 0 Å². The molecule has 0 radical (unpaired) electrons. The predicted molar refractivity (Wildman–Crippen MR) is 85.0 cm³/mol. The van der Waals surface area contributed by atoms with Gasteiger partial charge in [-0.1, -0.05) is 24.3 Å². The number of nitrogens with zero attached hydrogens (tertiary/aromatic N) is 2. The summed E-state index contributed by atoms with van der Waals surface area (Å²) in [6.45, 7) is 4.54. The van der Waals surface area contributed by atoms with Crippen LogP contribution in [-0.2, 0) is 9.59 Å². The maximum absolute atomic E-state index is 12.4. The smallest absolute Gasteiger partial charge is 0.322 e. The van der Waals surface area contributed by atoms with Crippen LogP contribution >= 0.6 is 0 Å². The van der Waals surface area contributed by atoms with Crippen LogP contribution in [0.5, 0.6) is 0 Å². The van der Waals surface area contributed by atoms with Crippen LogP contribution < -0.4 is 5.32 Å². The lowest BCUT2D eigenvalue weighted by atomic mass is 10.1. The molecule has 0 aromatic heterocycles. The van der Waals surface area contributed by atoms with E-state index in [4.69, 9.17) is 5.11 Å². The van der Waals surface area contributed by atoms with E-state index < -0.39 is 24.5 Å². The number of carboxylic acid groups (broad SMARTS) is 1. The van der Waals surface area contributed by atoms with Crippen LogP contribution in [0.25, 0.3) is 0 Å². The standard InChI is InChI=1S/C16H19N3O4/c1-2-8-18-9-10-19(13(15(18)22)11-14(20)21)16(23)17-12-6-4-3-5-7-12/h2-7,13H,1,8-11H2,(H,17,23)(H,20,21). The van der Waals surface area contributed by atoms with Gasteiger partial charge in [-0.25, -0.2) is 4.79 Å². The fourth-order valence-electron chi connectivity index (χ4n) is 2.50. The van der Waals surface area contributed by atoms with Crippen LogP contribution in [0, 0.1) is 0 Å². The molecule has 7 nitrogen and oxygen atoms in total. The molecule has 1 aliphatic heterocycles. The summed E-state index contributed by atoms with van der Waals surface area (Å²) in [5.41, 5.74) is 0.590. The molecule has 1 heterocycles. The zero-order valence-electron chi connectivity index (χ0n) is 12.6. The van der Waals surface area contributed by atoms with Gasteiger partial charge in [0, 0.05) is 25.3 Å². The molecule has 1 atom stereocenters. The van der Waals surface area contributed by atoms with Crippen LogP contribution in [0.3, 0.4) is 0 Å². The molecule has 1 aromatic carbocycles. The van der Waals surface area contributed by atoms with Gasteiger partial charge in [-0.2, -0.15) is 0 Å². The van der Waals surface area contributed by atoms with Crippen LogP contribution in [0.4, 0.5) is 10.5 Å². The third-order valence-corrected chi connectivity index (χ3v) is 3.59. The number of rotatable bonds is 5. The molecule has 7 heteroatoms. The Bertz CT molecular complexity index is 603. The number of nitrogens with one attached hydrogen (secondary N) is 1. The number of hydrogen-bond donors (Lipinski definition) is 2. The predicted octanol–water partition coefficient (Wildman–Crippen LogP) is 1.39. The second-order valence-corrected chi connectivity index (χ2v) is 5.18. The normalized spacial score (nSPS) is 17.7. The number of hydrogen-bond acceptors (Lipinski definition) is 3. The van der Waals surface area contributed by atoms with Crippen molar-refractivity contribution in [2.75, 3.05) is 25.0 Å². The molecule has 1 saturated heterocycles. The van der Waals surface area contributed by atoms with Gasteiger partial charge < -0.3 is 20.2 Å². The maximum atomic E-state index is 12.4. The topological polar surface area (TPSA) is 89.9 Å². The third-order valence-electron chi connectivity index (χ3n) is 3.59. The van der Waals surface area contributed by atoms with E-state index in [0.29, 0.717) is 18.8 Å². The second kappa shape index (κ2) is 7.44. The largest absolute Gasteiger partial charge is 0.481 e.